The van der Waals surface area contributed by atoms with Crippen LogP contribution in [-0.4, -0.2) is 39.0 Å². The molecule has 1 unspecified atom stereocenters. The summed E-state index contributed by atoms with van der Waals surface area (Å²) in [5.74, 6) is -1.91. The predicted octanol–water partition coefficient (Wildman–Crippen LogP) is 2.01. The Labute approximate surface area is 148 Å². The number of amidine groups is 1. The molecule has 2 rings (SSSR count). The van der Waals surface area contributed by atoms with E-state index in [1.807, 2.05) is 0 Å². The van der Waals surface area contributed by atoms with Crippen LogP contribution in [0.5, 0.6) is 0 Å². The van der Waals surface area contributed by atoms with Crippen molar-refractivity contribution in [2.24, 2.45) is 10.2 Å². The minimum absolute atomic E-state index is 0.00233. The van der Waals surface area contributed by atoms with E-state index in [1.54, 1.807) is 32.9 Å². The number of aromatic carboxylic acids is 1. The highest BCUT2D eigenvalue weighted by atomic mass is 32.2. The third-order valence-electron chi connectivity index (χ3n) is 3.17. The zero-order chi connectivity index (χ0) is 18.6. The molecule has 1 aromatic carbocycles. The van der Waals surface area contributed by atoms with Crippen LogP contribution in [0, 0.1) is 6.92 Å². The number of hydrogen-bond donors (Lipinski definition) is 3. The van der Waals surface area contributed by atoms with E-state index < -0.39 is 17.1 Å². The number of carbonyl (C=O) groups excluding carboxylic acids is 2. The third kappa shape index (κ3) is 5.15. The molecule has 2 amide bonds. The van der Waals surface area contributed by atoms with Gasteiger partial charge in [0.15, 0.2) is 5.17 Å². The lowest BCUT2D eigenvalue weighted by Gasteiger charge is -2.10. The van der Waals surface area contributed by atoms with Gasteiger partial charge in [-0.2, -0.15) is 5.10 Å². The highest BCUT2D eigenvalue weighted by Gasteiger charge is 2.32. The summed E-state index contributed by atoms with van der Waals surface area (Å²) in [5.41, 5.74) is 1.76. The third-order valence-corrected chi connectivity index (χ3v) is 4.24. The zero-order valence-electron chi connectivity index (χ0n) is 14.0. The summed E-state index contributed by atoms with van der Waals surface area (Å²) < 4.78 is 0. The smallest absolute Gasteiger partial charge is 0.337 e. The fraction of sp³-hybridized carbons (Fsp3) is 0.312. The molecular formula is C16H18N4O4S. The highest BCUT2D eigenvalue weighted by molar-refractivity contribution is 8.15. The summed E-state index contributed by atoms with van der Waals surface area (Å²) in [6.07, 6.45) is -0.0999. The van der Waals surface area contributed by atoms with Crippen molar-refractivity contribution in [2.75, 3.05) is 5.32 Å². The first-order valence-corrected chi connectivity index (χ1v) is 8.34. The average molecular weight is 362 g/mol. The maximum atomic E-state index is 12.2. The van der Waals surface area contributed by atoms with Gasteiger partial charge in [-0.1, -0.05) is 17.8 Å². The molecule has 9 heteroatoms. The van der Waals surface area contributed by atoms with Crippen LogP contribution in [-0.2, 0) is 9.59 Å². The number of amides is 2. The van der Waals surface area contributed by atoms with Gasteiger partial charge in [0, 0.05) is 12.1 Å². The fourth-order valence-corrected chi connectivity index (χ4v) is 2.97. The molecule has 1 fully saturated rings. The van der Waals surface area contributed by atoms with Crippen molar-refractivity contribution in [2.45, 2.75) is 32.4 Å². The normalized spacial score (nSPS) is 18.0. The molecule has 132 valence electrons. The molecule has 1 aromatic rings. The second-order valence-electron chi connectivity index (χ2n) is 5.65. The first-order valence-electron chi connectivity index (χ1n) is 7.46. The average Bonchev–Trinajstić information content (AvgIpc) is 2.85. The molecule has 0 radical (unpaired) electrons. The van der Waals surface area contributed by atoms with Crippen LogP contribution in [0.15, 0.2) is 28.4 Å². The molecule has 1 aliphatic heterocycles. The molecule has 0 spiro atoms. The van der Waals surface area contributed by atoms with Crippen LogP contribution < -0.4 is 10.6 Å². The Hall–Kier alpha value is -2.68. The van der Waals surface area contributed by atoms with Crippen LogP contribution in [0.2, 0.25) is 0 Å². The van der Waals surface area contributed by atoms with Gasteiger partial charge in [-0.15, -0.1) is 5.10 Å². The van der Waals surface area contributed by atoms with E-state index in [2.05, 4.69) is 20.8 Å². The number of aryl methyl sites for hydroxylation is 1. The maximum absolute atomic E-state index is 12.2. The van der Waals surface area contributed by atoms with Crippen molar-refractivity contribution >= 4 is 46.1 Å². The van der Waals surface area contributed by atoms with E-state index in [4.69, 9.17) is 0 Å². The van der Waals surface area contributed by atoms with Gasteiger partial charge in [0.1, 0.15) is 5.25 Å². The van der Waals surface area contributed by atoms with E-state index in [-0.39, 0.29) is 23.6 Å². The van der Waals surface area contributed by atoms with Crippen molar-refractivity contribution in [3.8, 4) is 0 Å². The summed E-state index contributed by atoms with van der Waals surface area (Å²) in [7, 11) is 0. The van der Waals surface area contributed by atoms with E-state index in [0.717, 1.165) is 23.0 Å². The number of hydrogen-bond acceptors (Lipinski definition) is 6. The van der Waals surface area contributed by atoms with Crippen molar-refractivity contribution in [3.63, 3.8) is 0 Å². The second kappa shape index (κ2) is 7.93. The van der Waals surface area contributed by atoms with E-state index in [9.17, 15) is 19.5 Å². The lowest BCUT2D eigenvalue weighted by atomic mass is 10.1. The van der Waals surface area contributed by atoms with E-state index in [1.165, 1.54) is 6.07 Å². The Balaban J connectivity index is 2.05. The van der Waals surface area contributed by atoms with Crippen LogP contribution in [0.1, 0.15) is 36.2 Å². The monoisotopic (exact) mass is 362 g/mol. The number of benzene rings is 1. The van der Waals surface area contributed by atoms with Gasteiger partial charge < -0.3 is 15.7 Å². The summed E-state index contributed by atoms with van der Waals surface area (Å²) >= 11 is 1.12. The topological polar surface area (TPSA) is 120 Å². The lowest BCUT2D eigenvalue weighted by molar-refractivity contribution is -0.122. The highest BCUT2D eigenvalue weighted by Crippen LogP contribution is 2.24. The summed E-state index contributed by atoms with van der Waals surface area (Å²) in [6.45, 7) is 5.34. The molecule has 1 aliphatic rings. The Morgan fingerprint density at radius 3 is 2.72 bits per heavy atom. The Bertz CT molecular complexity index is 784. The number of anilines is 1. The second-order valence-corrected chi connectivity index (χ2v) is 6.85. The fourth-order valence-electron chi connectivity index (χ4n) is 2.05. The number of nitrogens with zero attached hydrogens (tertiary/aromatic N) is 2. The zero-order valence-corrected chi connectivity index (χ0v) is 14.8. The molecular weight excluding hydrogens is 344 g/mol. The Kier molecular flexibility index (Phi) is 5.92. The van der Waals surface area contributed by atoms with Gasteiger partial charge in [0.25, 0.3) is 0 Å². The van der Waals surface area contributed by atoms with Gasteiger partial charge in [0.2, 0.25) is 11.8 Å². The van der Waals surface area contributed by atoms with Crippen molar-refractivity contribution < 1.29 is 19.5 Å². The minimum Gasteiger partial charge on any atom is -0.478 e. The summed E-state index contributed by atoms with van der Waals surface area (Å²) in [5, 5.41) is 21.8. The Morgan fingerprint density at radius 2 is 2.08 bits per heavy atom. The molecule has 0 aliphatic carbocycles. The molecule has 1 heterocycles. The minimum atomic E-state index is -1.13. The van der Waals surface area contributed by atoms with Gasteiger partial charge in [0.05, 0.1) is 11.3 Å². The SMILES string of the molecule is CC(C)=NN=C1NC(=O)C(CC(=O)Nc2cc(C)ccc2C(=O)O)S1. The first-order chi connectivity index (χ1) is 11.8. The maximum Gasteiger partial charge on any atom is 0.337 e. The molecule has 0 aromatic heterocycles. The number of rotatable bonds is 5. The number of carboxylic acids is 1. The molecule has 8 nitrogen and oxygen atoms in total. The number of thioether (sulfide) groups is 1. The quantitative estimate of drug-likeness (QED) is 0.546. The molecule has 0 saturated carbocycles. The largest absolute Gasteiger partial charge is 0.478 e. The molecule has 0 bridgehead atoms. The molecule has 25 heavy (non-hydrogen) atoms. The van der Waals surface area contributed by atoms with Crippen molar-refractivity contribution in [1.29, 1.82) is 0 Å². The van der Waals surface area contributed by atoms with Gasteiger partial charge in [-0.05, 0) is 38.5 Å². The molecule has 1 saturated heterocycles. The standard InChI is InChI=1S/C16H18N4O4S/c1-8(2)19-20-16-18-14(22)12(25-16)7-13(21)17-11-6-9(3)4-5-10(11)15(23)24/h4-6,12H,7H2,1-3H3,(H,17,21)(H,23,24)(H,18,20,22). The first kappa shape index (κ1) is 18.7. The van der Waals surface area contributed by atoms with Crippen molar-refractivity contribution in [3.05, 3.63) is 29.3 Å². The lowest BCUT2D eigenvalue weighted by Crippen LogP contribution is -2.28. The summed E-state index contributed by atoms with van der Waals surface area (Å²) in [4.78, 5) is 35.4. The van der Waals surface area contributed by atoms with Crippen LogP contribution in [0.25, 0.3) is 0 Å². The summed E-state index contributed by atoms with van der Waals surface area (Å²) in [6, 6.07) is 4.66. The number of nitrogens with one attached hydrogen (secondary N) is 2. The number of carboxylic acid groups (broad SMARTS) is 1. The Morgan fingerprint density at radius 1 is 1.36 bits per heavy atom. The van der Waals surface area contributed by atoms with Crippen LogP contribution >= 0.6 is 11.8 Å². The molecule has 3 N–H and O–H groups in total. The van der Waals surface area contributed by atoms with Crippen LogP contribution in [0.4, 0.5) is 5.69 Å². The van der Waals surface area contributed by atoms with Gasteiger partial charge in [-0.3, -0.25) is 9.59 Å². The van der Waals surface area contributed by atoms with Crippen LogP contribution in [0.3, 0.4) is 0 Å². The predicted molar refractivity (Wildman–Crippen MR) is 97.1 cm³/mol. The van der Waals surface area contributed by atoms with Crippen molar-refractivity contribution in [1.82, 2.24) is 5.32 Å². The number of carbonyl (C=O) groups is 3. The van der Waals surface area contributed by atoms with E-state index >= 15 is 0 Å². The van der Waals surface area contributed by atoms with Gasteiger partial charge >= 0.3 is 5.97 Å². The van der Waals surface area contributed by atoms with Gasteiger partial charge in [-0.25, -0.2) is 4.79 Å². The van der Waals surface area contributed by atoms with E-state index in [0.29, 0.717) is 5.17 Å². The molecule has 1 atom stereocenters.